The summed E-state index contributed by atoms with van der Waals surface area (Å²) >= 11 is 0. The van der Waals surface area contributed by atoms with Crippen molar-refractivity contribution in [1.82, 2.24) is 14.7 Å². The number of carbonyl (C=O) groups excluding carboxylic acids is 2. The molecule has 0 spiro atoms. The fourth-order valence-electron chi connectivity index (χ4n) is 4.08. The summed E-state index contributed by atoms with van der Waals surface area (Å²) in [5.74, 6) is -0.425. The zero-order valence-electron chi connectivity index (χ0n) is 17.6. The zero-order chi connectivity index (χ0) is 21.5. The van der Waals surface area contributed by atoms with Crippen molar-refractivity contribution in [2.45, 2.75) is 12.8 Å². The van der Waals surface area contributed by atoms with Crippen LogP contribution in [0.5, 0.6) is 0 Å². The molecule has 0 bridgehead atoms. The molecule has 0 aliphatic carbocycles. The van der Waals surface area contributed by atoms with Gasteiger partial charge in [-0.3, -0.25) is 19.4 Å². The first-order valence-corrected chi connectivity index (χ1v) is 10.6. The van der Waals surface area contributed by atoms with E-state index in [9.17, 15) is 9.59 Å². The summed E-state index contributed by atoms with van der Waals surface area (Å²) in [6, 6.07) is 11.2. The van der Waals surface area contributed by atoms with Gasteiger partial charge in [-0.1, -0.05) is 24.3 Å². The second-order valence-corrected chi connectivity index (χ2v) is 7.77. The molecule has 3 rings (SSSR count). The number of carbonyl (C=O) groups is 2. The normalized spacial score (nSPS) is 13.8. The molecule has 2 aromatic carbocycles. The van der Waals surface area contributed by atoms with E-state index in [1.807, 2.05) is 36.2 Å². The molecule has 2 amide bonds. The number of rotatable bonds is 12. The summed E-state index contributed by atoms with van der Waals surface area (Å²) in [7, 11) is 2.03. The van der Waals surface area contributed by atoms with Gasteiger partial charge in [-0.25, -0.2) is 0 Å². The molecule has 162 valence electrons. The van der Waals surface area contributed by atoms with Crippen molar-refractivity contribution in [3.8, 4) is 0 Å². The van der Waals surface area contributed by atoms with Gasteiger partial charge in [0.25, 0.3) is 11.8 Å². The quantitative estimate of drug-likeness (QED) is 0.512. The van der Waals surface area contributed by atoms with Crippen molar-refractivity contribution < 1.29 is 19.8 Å². The predicted octanol–water partition coefficient (Wildman–Crippen LogP) is 1.43. The van der Waals surface area contributed by atoms with Gasteiger partial charge >= 0.3 is 0 Å². The fraction of sp³-hybridized carbons (Fsp3) is 0.478. The molecule has 1 heterocycles. The molecule has 0 radical (unpaired) electrons. The Morgan fingerprint density at radius 1 is 0.800 bits per heavy atom. The van der Waals surface area contributed by atoms with Crippen LogP contribution in [0.1, 0.15) is 33.6 Å². The number of nitrogens with zero attached hydrogens (tertiary/aromatic N) is 3. The first-order chi connectivity index (χ1) is 14.6. The van der Waals surface area contributed by atoms with Crippen LogP contribution in [0.2, 0.25) is 0 Å². The number of amides is 2. The van der Waals surface area contributed by atoms with Gasteiger partial charge in [0.15, 0.2) is 0 Å². The van der Waals surface area contributed by atoms with Crippen LogP contribution >= 0.6 is 0 Å². The monoisotopic (exact) mass is 413 g/mol. The van der Waals surface area contributed by atoms with Gasteiger partial charge in [0.05, 0.1) is 13.2 Å². The van der Waals surface area contributed by atoms with Crippen LogP contribution in [-0.4, -0.2) is 96.3 Å². The largest absolute Gasteiger partial charge is 0.395 e. The number of hydrogen-bond acceptors (Lipinski definition) is 6. The molecule has 1 aliphatic rings. The standard InChI is InChI=1S/C23H31N3O4/c1-24(10-4-12-25(14-16-27)15-17-28)11-5-13-26-22(29)19-8-2-6-18-7-3-9-20(21(18)19)23(26)30/h2-3,6-9,27-28H,4-5,10-17H2,1H3. The van der Waals surface area contributed by atoms with Crippen molar-refractivity contribution in [1.29, 1.82) is 0 Å². The summed E-state index contributed by atoms with van der Waals surface area (Å²) < 4.78 is 0. The van der Waals surface area contributed by atoms with E-state index in [-0.39, 0.29) is 25.0 Å². The molecule has 0 aromatic heterocycles. The minimum Gasteiger partial charge on any atom is -0.395 e. The van der Waals surface area contributed by atoms with E-state index >= 15 is 0 Å². The van der Waals surface area contributed by atoms with E-state index in [0.29, 0.717) is 37.2 Å². The second-order valence-electron chi connectivity index (χ2n) is 7.77. The lowest BCUT2D eigenvalue weighted by molar-refractivity contribution is 0.0604. The third-order valence-corrected chi connectivity index (χ3v) is 5.62. The van der Waals surface area contributed by atoms with Gasteiger partial charge in [0.1, 0.15) is 0 Å². The van der Waals surface area contributed by atoms with Gasteiger partial charge in [-0.15, -0.1) is 0 Å². The maximum absolute atomic E-state index is 12.9. The van der Waals surface area contributed by atoms with E-state index in [1.165, 1.54) is 4.90 Å². The lowest BCUT2D eigenvalue weighted by Crippen LogP contribution is -2.41. The number of aliphatic hydroxyl groups is 2. The fourth-order valence-corrected chi connectivity index (χ4v) is 4.08. The lowest BCUT2D eigenvalue weighted by atomic mass is 9.94. The third-order valence-electron chi connectivity index (χ3n) is 5.62. The highest BCUT2D eigenvalue weighted by Crippen LogP contribution is 2.29. The number of benzene rings is 2. The highest BCUT2D eigenvalue weighted by molar-refractivity contribution is 6.25. The number of hydrogen-bond donors (Lipinski definition) is 2. The minimum atomic E-state index is -0.212. The Morgan fingerprint density at radius 3 is 1.93 bits per heavy atom. The Bertz CT molecular complexity index is 829. The first-order valence-electron chi connectivity index (χ1n) is 10.6. The molecular formula is C23H31N3O4. The molecule has 0 saturated carbocycles. The van der Waals surface area contributed by atoms with Crippen molar-refractivity contribution in [3.63, 3.8) is 0 Å². The van der Waals surface area contributed by atoms with Crippen molar-refractivity contribution in [2.75, 3.05) is 59.5 Å². The highest BCUT2D eigenvalue weighted by Gasteiger charge is 2.32. The molecular weight excluding hydrogens is 382 g/mol. The van der Waals surface area contributed by atoms with Gasteiger partial charge in [-0.2, -0.15) is 0 Å². The predicted molar refractivity (Wildman–Crippen MR) is 117 cm³/mol. The van der Waals surface area contributed by atoms with E-state index in [2.05, 4.69) is 4.90 Å². The molecule has 1 aliphatic heterocycles. The van der Waals surface area contributed by atoms with Gasteiger partial charge in [0, 0.05) is 36.1 Å². The van der Waals surface area contributed by atoms with Gasteiger partial charge in [-0.05, 0) is 57.0 Å². The minimum absolute atomic E-state index is 0.0879. The molecule has 0 atom stereocenters. The van der Waals surface area contributed by atoms with Crippen molar-refractivity contribution >= 4 is 22.6 Å². The molecule has 7 nitrogen and oxygen atoms in total. The molecule has 0 unspecified atom stereocenters. The summed E-state index contributed by atoms with van der Waals surface area (Å²) in [5, 5.41) is 19.8. The molecule has 30 heavy (non-hydrogen) atoms. The second kappa shape index (κ2) is 10.6. The molecule has 2 N–H and O–H groups in total. The number of aliphatic hydroxyl groups excluding tert-OH is 2. The Kier molecular flexibility index (Phi) is 7.93. The SMILES string of the molecule is CN(CCCN(CCO)CCO)CCCN1C(=O)c2cccc3cccc(c23)C1=O. The summed E-state index contributed by atoms with van der Waals surface area (Å²) in [6.07, 6.45) is 1.64. The van der Waals surface area contributed by atoms with Crippen LogP contribution in [0.25, 0.3) is 10.8 Å². The Labute approximate surface area is 177 Å². The first kappa shape index (κ1) is 22.4. The molecule has 7 heteroatoms. The third kappa shape index (κ3) is 5.05. The van der Waals surface area contributed by atoms with E-state index in [0.717, 1.165) is 36.8 Å². The summed E-state index contributed by atoms with van der Waals surface area (Å²) in [4.78, 5) is 31.4. The van der Waals surface area contributed by atoms with Crippen LogP contribution in [0.4, 0.5) is 0 Å². The average Bonchev–Trinajstić information content (AvgIpc) is 2.74. The number of imide groups is 1. The smallest absolute Gasteiger partial charge is 0.261 e. The van der Waals surface area contributed by atoms with Gasteiger partial charge < -0.3 is 15.1 Å². The van der Waals surface area contributed by atoms with E-state index in [1.54, 1.807) is 12.1 Å². The van der Waals surface area contributed by atoms with E-state index in [4.69, 9.17) is 10.2 Å². The van der Waals surface area contributed by atoms with Crippen molar-refractivity contribution in [3.05, 3.63) is 47.5 Å². The zero-order valence-corrected chi connectivity index (χ0v) is 17.6. The molecule has 0 saturated heterocycles. The maximum Gasteiger partial charge on any atom is 0.261 e. The van der Waals surface area contributed by atoms with Crippen LogP contribution in [-0.2, 0) is 0 Å². The Morgan fingerprint density at radius 2 is 1.37 bits per heavy atom. The van der Waals surface area contributed by atoms with Crippen LogP contribution in [0.15, 0.2) is 36.4 Å². The van der Waals surface area contributed by atoms with Crippen LogP contribution in [0.3, 0.4) is 0 Å². The van der Waals surface area contributed by atoms with Crippen LogP contribution < -0.4 is 0 Å². The topological polar surface area (TPSA) is 84.3 Å². The van der Waals surface area contributed by atoms with Crippen LogP contribution in [0, 0.1) is 0 Å². The molecule has 2 aromatic rings. The summed E-state index contributed by atoms with van der Waals surface area (Å²) in [6.45, 7) is 4.17. The Balaban J connectivity index is 1.50. The molecule has 0 fully saturated rings. The average molecular weight is 414 g/mol. The highest BCUT2D eigenvalue weighted by atomic mass is 16.3. The van der Waals surface area contributed by atoms with E-state index < -0.39 is 0 Å². The maximum atomic E-state index is 12.9. The van der Waals surface area contributed by atoms with Gasteiger partial charge in [0.2, 0.25) is 0 Å². The summed E-state index contributed by atoms with van der Waals surface area (Å²) in [5.41, 5.74) is 1.20. The Hall–Kier alpha value is -2.32. The lowest BCUT2D eigenvalue weighted by Gasteiger charge is -2.28. The van der Waals surface area contributed by atoms with Crippen molar-refractivity contribution in [2.24, 2.45) is 0 Å².